The minimum Gasteiger partial charge on any atom is -0.332 e. The van der Waals surface area contributed by atoms with Gasteiger partial charge in [-0.3, -0.25) is 14.8 Å². The maximum Gasteiger partial charge on any atom is 0.254 e. The maximum absolute atomic E-state index is 13.4. The topological polar surface area (TPSA) is 46.1 Å². The summed E-state index contributed by atoms with van der Waals surface area (Å²) in [6, 6.07) is 10.8. The van der Waals surface area contributed by atoms with Crippen molar-refractivity contribution in [1.82, 2.24) is 14.9 Å². The zero-order chi connectivity index (χ0) is 22.5. The van der Waals surface area contributed by atoms with E-state index in [0.717, 1.165) is 41.5 Å². The van der Waals surface area contributed by atoms with Gasteiger partial charge in [0.25, 0.3) is 5.91 Å². The second kappa shape index (κ2) is 10.2. The summed E-state index contributed by atoms with van der Waals surface area (Å²) < 4.78 is 0. The van der Waals surface area contributed by atoms with Crippen molar-refractivity contribution in [3.05, 3.63) is 82.4 Å². The number of rotatable bonds is 8. The van der Waals surface area contributed by atoms with Crippen molar-refractivity contribution >= 4 is 5.91 Å². The normalized spacial score (nSPS) is 16.0. The molecule has 2 aromatic rings. The lowest BCUT2D eigenvalue weighted by atomic mass is 10.0. The van der Waals surface area contributed by atoms with Gasteiger partial charge in [-0.05, 0) is 74.4 Å². The Balaban J connectivity index is 1.64. The van der Waals surface area contributed by atoms with Gasteiger partial charge in [-0.25, -0.2) is 0 Å². The summed E-state index contributed by atoms with van der Waals surface area (Å²) >= 11 is 0. The number of hydrogen-bond acceptors (Lipinski definition) is 3. The minimum atomic E-state index is 0.132. The summed E-state index contributed by atoms with van der Waals surface area (Å²) in [5.41, 5.74) is 6.50. The van der Waals surface area contributed by atoms with Gasteiger partial charge in [-0.15, -0.1) is 0 Å². The van der Waals surface area contributed by atoms with Crippen molar-refractivity contribution in [3.63, 3.8) is 0 Å². The molecule has 0 bridgehead atoms. The summed E-state index contributed by atoms with van der Waals surface area (Å²) in [4.78, 5) is 24.6. The van der Waals surface area contributed by atoms with Crippen molar-refractivity contribution < 1.29 is 4.79 Å². The first-order valence-electron chi connectivity index (χ1n) is 12.1. The third-order valence-corrected chi connectivity index (χ3v) is 6.75. The molecule has 0 N–H and O–H groups in total. The van der Waals surface area contributed by atoms with Crippen LogP contribution in [0.5, 0.6) is 0 Å². The predicted octanol–water partition coefficient (Wildman–Crippen LogP) is 6.30. The first-order valence-corrected chi connectivity index (χ1v) is 12.1. The van der Waals surface area contributed by atoms with Gasteiger partial charge in [0.2, 0.25) is 0 Å². The molecule has 1 amide bonds. The summed E-state index contributed by atoms with van der Waals surface area (Å²) in [7, 11) is 0. The van der Waals surface area contributed by atoms with Crippen LogP contribution in [-0.2, 0) is 13.0 Å². The maximum atomic E-state index is 13.4. The van der Waals surface area contributed by atoms with E-state index < -0.39 is 0 Å². The second-order valence-corrected chi connectivity index (χ2v) is 9.40. The van der Waals surface area contributed by atoms with Gasteiger partial charge in [-0.2, -0.15) is 0 Å². The molecule has 0 spiro atoms. The third kappa shape index (κ3) is 5.35. The van der Waals surface area contributed by atoms with Crippen molar-refractivity contribution in [3.8, 4) is 0 Å². The molecular weight excluding hydrogens is 394 g/mol. The van der Waals surface area contributed by atoms with E-state index in [9.17, 15) is 4.79 Å². The summed E-state index contributed by atoms with van der Waals surface area (Å²) in [5.74, 6) is 0.796. The molecule has 1 atom stereocenters. The van der Waals surface area contributed by atoms with Crippen LogP contribution in [0.1, 0.15) is 96.6 Å². The smallest absolute Gasteiger partial charge is 0.254 e. The molecule has 2 aliphatic rings. The van der Waals surface area contributed by atoms with Crippen LogP contribution in [0, 0.1) is 6.92 Å². The van der Waals surface area contributed by atoms with Crippen molar-refractivity contribution in [2.75, 3.05) is 0 Å². The van der Waals surface area contributed by atoms with Gasteiger partial charge < -0.3 is 4.90 Å². The highest BCUT2D eigenvalue weighted by atomic mass is 16.2. The Hall–Kier alpha value is -2.75. The highest BCUT2D eigenvalue weighted by Gasteiger charge is 2.30. The van der Waals surface area contributed by atoms with E-state index in [2.05, 4.69) is 55.0 Å². The van der Waals surface area contributed by atoms with Crippen LogP contribution in [0.4, 0.5) is 0 Å². The number of amides is 1. The van der Waals surface area contributed by atoms with Gasteiger partial charge in [0.1, 0.15) is 0 Å². The quantitative estimate of drug-likeness (QED) is 0.462. The van der Waals surface area contributed by atoms with Crippen molar-refractivity contribution in [1.29, 1.82) is 0 Å². The summed E-state index contributed by atoms with van der Waals surface area (Å²) in [6.07, 6.45) is 13.6. The number of fused-ring (bicyclic) bond motifs is 1. The van der Waals surface area contributed by atoms with Gasteiger partial charge in [-0.1, -0.05) is 38.3 Å². The zero-order valence-corrected chi connectivity index (χ0v) is 19.7. The molecule has 32 heavy (non-hydrogen) atoms. The van der Waals surface area contributed by atoms with Crippen molar-refractivity contribution in [2.45, 2.75) is 84.2 Å². The monoisotopic (exact) mass is 429 g/mol. The molecule has 4 heteroatoms. The molecule has 1 saturated carbocycles. The number of aromatic nitrogens is 2. The van der Waals surface area contributed by atoms with Crippen LogP contribution in [0.2, 0.25) is 0 Å². The fourth-order valence-corrected chi connectivity index (χ4v) is 4.44. The molecular formula is C28H35N3O. The van der Waals surface area contributed by atoms with Crippen LogP contribution in [0.15, 0.2) is 48.9 Å². The largest absolute Gasteiger partial charge is 0.332 e. The highest BCUT2D eigenvalue weighted by Crippen LogP contribution is 2.38. The van der Waals surface area contributed by atoms with Crippen LogP contribution in [-0.4, -0.2) is 26.8 Å². The lowest BCUT2D eigenvalue weighted by Crippen LogP contribution is -2.33. The van der Waals surface area contributed by atoms with Crippen LogP contribution < -0.4 is 0 Å². The predicted molar refractivity (Wildman–Crippen MR) is 129 cm³/mol. The lowest BCUT2D eigenvalue weighted by Gasteiger charge is -2.24. The van der Waals surface area contributed by atoms with Crippen LogP contribution >= 0.6 is 0 Å². The molecule has 4 nitrogen and oxygen atoms in total. The van der Waals surface area contributed by atoms with Gasteiger partial charge in [0.15, 0.2) is 0 Å². The van der Waals surface area contributed by atoms with Gasteiger partial charge >= 0.3 is 0 Å². The van der Waals surface area contributed by atoms with Crippen molar-refractivity contribution in [2.24, 2.45) is 0 Å². The molecule has 2 aromatic heterocycles. The number of pyridine rings is 1. The average molecular weight is 430 g/mol. The molecule has 1 unspecified atom stereocenters. The molecule has 0 saturated heterocycles. The lowest BCUT2D eigenvalue weighted by molar-refractivity contribution is 0.0707. The highest BCUT2D eigenvalue weighted by molar-refractivity contribution is 5.98. The number of hydrogen-bond donors (Lipinski definition) is 0. The van der Waals surface area contributed by atoms with E-state index in [0.29, 0.717) is 12.5 Å². The number of nitrogens with zero attached hydrogens (tertiary/aromatic N) is 3. The molecule has 1 aliphatic heterocycles. The fourth-order valence-electron chi connectivity index (χ4n) is 4.44. The summed E-state index contributed by atoms with van der Waals surface area (Å²) in [5, 5.41) is 0. The van der Waals surface area contributed by atoms with E-state index in [1.807, 2.05) is 23.4 Å². The Kier molecular flexibility index (Phi) is 7.19. The third-order valence-electron chi connectivity index (χ3n) is 6.75. The first kappa shape index (κ1) is 22.4. The second-order valence-electron chi connectivity index (χ2n) is 9.40. The Bertz CT molecular complexity index is 1010. The van der Waals surface area contributed by atoms with E-state index in [1.54, 1.807) is 6.20 Å². The SMILES string of the molecule is CCCCCC(C)N1Cc2cncccc(C)c(Cc3ccc(C4CC4)nc3)cc2C1=O. The molecule has 1 fully saturated rings. The minimum absolute atomic E-state index is 0.132. The van der Waals surface area contributed by atoms with Crippen LogP contribution in [0.25, 0.3) is 0 Å². The van der Waals surface area contributed by atoms with E-state index >= 15 is 0 Å². The molecule has 0 radical (unpaired) electrons. The van der Waals surface area contributed by atoms with E-state index in [4.69, 9.17) is 0 Å². The molecule has 4 rings (SSSR count). The first-order chi connectivity index (χ1) is 15.6. The van der Waals surface area contributed by atoms with Gasteiger partial charge in [0.05, 0.1) is 0 Å². The Labute approximate surface area is 192 Å². The van der Waals surface area contributed by atoms with E-state index in [-0.39, 0.29) is 11.9 Å². The number of aryl methyl sites for hydroxylation is 1. The molecule has 168 valence electrons. The van der Waals surface area contributed by atoms with Gasteiger partial charge in [0, 0.05) is 53.9 Å². The molecule has 1 aliphatic carbocycles. The summed E-state index contributed by atoms with van der Waals surface area (Å²) in [6.45, 7) is 7.14. The average Bonchev–Trinajstić information content (AvgIpc) is 3.59. The number of carbonyl (C=O) groups excluding carboxylic acids is 1. The number of carbonyl (C=O) groups is 1. The Morgan fingerprint density at radius 2 is 2.00 bits per heavy atom. The fraction of sp³-hybridized carbons (Fsp3) is 0.464. The molecule has 3 heterocycles. The Morgan fingerprint density at radius 3 is 2.72 bits per heavy atom. The molecule has 0 aromatic carbocycles. The standard InChI is InChI=1S/C28H35N3O/c1-4-5-6-9-21(3)31-19-25-18-29-14-7-8-20(2)24(16-26(25)28(31)32)15-22-10-13-27(30-17-22)23-11-12-23/h7-8,10,13-14,16-18,21,23H,4-6,9,11-12,15,19H2,1-3H3. The zero-order valence-electron chi connectivity index (χ0n) is 19.7. The number of unbranched alkanes of at least 4 members (excludes halogenated alkanes) is 2. The van der Waals surface area contributed by atoms with E-state index in [1.165, 1.54) is 36.9 Å². The Morgan fingerprint density at radius 1 is 1.16 bits per heavy atom. The van der Waals surface area contributed by atoms with Crippen LogP contribution in [0.3, 0.4) is 0 Å².